The molecule has 1 aromatic rings. The minimum Gasteiger partial charge on any atom is -0.453 e. The van der Waals surface area contributed by atoms with Crippen molar-refractivity contribution in [2.75, 3.05) is 0 Å². The molecule has 1 aliphatic rings. The molecule has 0 aliphatic heterocycles. The molecule has 16 heavy (non-hydrogen) atoms. The molecule has 0 radical (unpaired) electrons. The second-order valence-corrected chi connectivity index (χ2v) is 4.23. The third-order valence-corrected chi connectivity index (χ3v) is 2.82. The average molecular weight is 237 g/mol. The summed E-state index contributed by atoms with van der Waals surface area (Å²) in [6, 6.07) is 5.44. The fourth-order valence-electron chi connectivity index (χ4n) is 1.84. The molecule has 2 rings (SSSR count). The molecule has 1 heterocycles. The van der Waals surface area contributed by atoms with Crippen LogP contribution in [0.25, 0.3) is 0 Å². The van der Waals surface area contributed by atoms with Crippen LogP contribution in [0.15, 0.2) is 24.4 Å². The fourth-order valence-corrected chi connectivity index (χ4v) is 2.06. The van der Waals surface area contributed by atoms with Crippen LogP contribution in [0.4, 0.5) is 0 Å². The van der Waals surface area contributed by atoms with E-state index in [1.165, 1.54) is 19.3 Å². The third kappa shape index (κ3) is 3.45. The van der Waals surface area contributed by atoms with Gasteiger partial charge in [0.15, 0.2) is 0 Å². The van der Waals surface area contributed by atoms with E-state index in [-0.39, 0.29) is 11.3 Å². The maximum atomic E-state index is 5.56. The SMILES string of the molecule is S=C(Oc1ccccn1)OC1CCCCC1. The molecule has 0 N–H and O–H groups in total. The molecule has 4 heteroatoms. The number of aromatic nitrogens is 1. The monoisotopic (exact) mass is 237 g/mol. The highest BCUT2D eigenvalue weighted by atomic mass is 32.1. The maximum Gasteiger partial charge on any atom is 0.359 e. The first-order valence-electron chi connectivity index (χ1n) is 5.64. The number of nitrogens with zero attached hydrogens (tertiary/aromatic N) is 1. The van der Waals surface area contributed by atoms with E-state index >= 15 is 0 Å². The minimum atomic E-state index is 0.186. The van der Waals surface area contributed by atoms with Gasteiger partial charge in [-0.3, -0.25) is 0 Å². The lowest BCUT2D eigenvalue weighted by molar-refractivity contribution is 0.117. The van der Waals surface area contributed by atoms with Gasteiger partial charge in [-0.05, 0) is 31.7 Å². The van der Waals surface area contributed by atoms with Gasteiger partial charge in [-0.25, -0.2) is 4.98 Å². The van der Waals surface area contributed by atoms with Crippen molar-refractivity contribution < 1.29 is 9.47 Å². The summed E-state index contributed by atoms with van der Waals surface area (Å²) >= 11 is 5.03. The van der Waals surface area contributed by atoms with Crippen LogP contribution in [0, 0.1) is 0 Å². The summed E-state index contributed by atoms with van der Waals surface area (Å²) < 4.78 is 10.9. The second-order valence-electron chi connectivity index (χ2n) is 3.90. The summed E-state index contributed by atoms with van der Waals surface area (Å²) in [6.07, 6.45) is 7.78. The van der Waals surface area contributed by atoms with Crippen LogP contribution in [-0.4, -0.2) is 16.3 Å². The predicted molar refractivity (Wildman–Crippen MR) is 65.4 cm³/mol. The molecule has 0 saturated heterocycles. The van der Waals surface area contributed by atoms with Crippen LogP contribution in [0.1, 0.15) is 32.1 Å². The number of ether oxygens (including phenoxy) is 2. The van der Waals surface area contributed by atoms with E-state index in [2.05, 4.69) is 4.98 Å². The summed E-state index contributed by atoms with van der Waals surface area (Å²) in [5.41, 5.74) is 0. The van der Waals surface area contributed by atoms with Gasteiger partial charge < -0.3 is 9.47 Å². The molecule has 1 saturated carbocycles. The van der Waals surface area contributed by atoms with Crippen LogP contribution < -0.4 is 4.74 Å². The first kappa shape index (κ1) is 11.3. The molecular weight excluding hydrogens is 222 g/mol. The van der Waals surface area contributed by atoms with Gasteiger partial charge in [0.2, 0.25) is 5.88 Å². The van der Waals surface area contributed by atoms with E-state index in [4.69, 9.17) is 21.7 Å². The normalized spacial score (nSPS) is 16.8. The number of hydrogen-bond donors (Lipinski definition) is 0. The second kappa shape index (κ2) is 5.80. The van der Waals surface area contributed by atoms with Crippen LogP contribution in [0.5, 0.6) is 5.88 Å². The summed E-state index contributed by atoms with van der Waals surface area (Å²) in [6.45, 7) is 0. The van der Waals surface area contributed by atoms with E-state index < -0.39 is 0 Å². The zero-order valence-corrected chi connectivity index (χ0v) is 9.91. The molecule has 0 aromatic carbocycles. The molecule has 86 valence electrons. The van der Waals surface area contributed by atoms with Crippen molar-refractivity contribution in [3.63, 3.8) is 0 Å². The lowest BCUT2D eigenvalue weighted by Crippen LogP contribution is -2.23. The van der Waals surface area contributed by atoms with Crippen molar-refractivity contribution in [3.8, 4) is 5.88 Å². The number of rotatable bonds is 2. The Morgan fingerprint density at radius 2 is 2.06 bits per heavy atom. The molecule has 0 atom stereocenters. The van der Waals surface area contributed by atoms with Gasteiger partial charge >= 0.3 is 5.24 Å². The predicted octanol–water partition coefficient (Wildman–Crippen LogP) is 3.09. The standard InChI is InChI=1S/C12H15NO2S/c16-12(14-10-6-2-1-3-7-10)15-11-8-4-5-9-13-11/h4-5,8-10H,1-3,6-7H2. The summed E-state index contributed by atoms with van der Waals surface area (Å²) in [4.78, 5) is 4.02. The van der Waals surface area contributed by atoms with E-state index in [1.807, 2.05) is 12.1 Å². The molecule has 1 fully saturated rings. The van der Waals surface area contributed by atoms with Crippen LogP contribution in [0.3, 0.4) is 0 Å². The average Bonchev–Trinajstić information content (AvgIpc) is 2.31. The first-order valence-corrected chi connectivity index (χ1v) is 6.05. The molecule has 0 spiro atoms. The molecule has 0 amide bonds. The van der Waals surface area contributed by atoms with Gasteiger partial charge in [-0.2, -0.15) is 0 Å². The topological polar surface area (TPSA) is 31.4 Å². The molecule has 1 aliphatic carbocycles. The van der Waals surface area contributed by atoms with Gasteiger partial charge in [-0.1, -0.05) is 12.5 Å². The van der Waals surface area contributed by atoms with Crippen molar-refractivity contribution in [1.29, 1.82) is 0 Å². The first-order chi connectivity index (χ1) is 7.84. The Bertz CT molecular complexity index is 336. The molecule has 1 aromatic heterocycles. The van der Waals surface area contributed by atoms with E-state index in [0.29, 0.717) is 5.88 Å². The largest absolute Gasteiger partial charge is 0.453 e. The Morgan fingerprint density at radius 1 is 1.25 bits per heavy atom. The summed E-state index contributed by atoms with van der Waals surface area (Å²) in [5.74, 6) is 0.489. The highest BCUT2D eigenvalue weighted by Gasteiger charge is 2.16. The molecular formula is C12H15NO2S. The summed E-state index contributed by atoms with van der Waals surface area (Å²) in [5, 5.41) is 0.186. The fraction of sp³-hybridized carbons (Fsp3) is 0.500. The Labute approximate surface area is 101 Å². The van der Waals surface area contributed by atoms with Crippen LogP contribution >= 0.6 is 12.2 Å². The van der Waals surface area contributed by atoms with Gasteiger partial charge in [0.05, 0.1) is 0 Å². The zero-order chi connectivity index (χ0) is 11.2. The van der Waals surface area contributed by atoms with E-state index in [9.17, 15) is 0 Å². The summed E-state index contributed by atoms with van der Waals surface area (Å²) in [7, 11) is 0. The van der Waals surface area contributed by atoms with Gasteiger partial charge in [0.25, 0.3) is 0 Å². The molecule has 3 nitrogen and oxygen atoms in total. The highest BCUT2D eigenvalue weighted by molar-refractivity contribution is 7.79. The zero-order valence-electron chi connectivity index (χ0n) is 9.09. The highest BCUT2D eigenvalue weighted by Crippen LogP contribution is 2.21. The van der Waals surface area contributed by atoms with Crippen molar-refractivity contribution in [1.82, 2.24) is 4.98 Å². The van der Waals surface area contributed by atoms with Crippen LogP contribution in [0.2, 0.25) is 0 Å². The maximum absolute atomic E-state index is 5.56. The van der Waals surface area contributed by atoms with Crippen molar-refractivity contribution in [3.05, 3.63) is 24.4 Å². The van der Waals surface area contributed by atoms with Crippen LogP contribution in [-0.2, 0) is 4.74 Å². The lowest BCUT2D eigenvalue weighted by Gasteiger charge is -2.22. The Hall–Kier alpha value is -1.16. The number of thiocarbonyl (C=S) groups is 1. The van der Waals surface area contributed by atoms with Gasteiger partial charge in [0, 0.05) is 24.5 Å². The lowest BCUT2D eigenvalue weighted by atomic mass is 9.98. The van der Waals surface area contributed by atoms with E-state index in [1.54, 1.807) is 12.3 Å². The molecule has 0 bridgehead atoms. The van der Waals surface area contributed by atoms with Crippen molar-refractivity contribution >= 4 is 17.5 Å². The minimum absolute atomic E-state index is 0.186. The van der Waals surface area contributed by atoms with E-state index in [0.717, 1.165) is 12.8 Å². The number of hydrogen-bond acceptors (Lipinski definition) is 4. The third-order valence-electron chi connectivity index (χ3n) is 2.64. The quantitative estimate of drug-likeness (QED) is 0.740. The Kier molecular flexibility index (Phi) is 4.10. The Morgan fingerprint density at radius 3 is 2.75 bits per heavy atom. The van der Waals surface area contributed by atoms with Gasteiger partial charge in [0.1, 0.15) is 6.10 Å². The van der Waals surface area contributed by atoms with Crippen molar-refractivity contribution in [2.45, 2.75) is 38.2 Å². The Balaban J connectivity index is 1.80. The van der Waals surface area contributed by atoms with Crippen molar-refractivity contribution in [2.24, 2.45) is 0 Å². The smallest absolute Gasteiger partial charge is 0.359 e. The number of pyridine rings is 1. The molecule has 0 unspecified atom stereocenters. The van der Waals surface area contributed by atoms with Gasteiger partial charge in [-0.15, -0.1) is 0 Å².